The summed E-state index contributed by atoms with van der Waals surface area (Å²) in [7, 11) is 0. The summed E-state index contributed by atoms with van der Waals surface area (Å²) in [4.78, 5) is 17.3. The van der Waals surface area contributed by atoms with Crippen LogP contribution in [0.2, 0.25) is 0 Å². The van der Waals surface area contributed by atoms with Crippen molar-refractivity contribution in [2.24, 2.45) is 5.92 Å². The van der Waals surface area contributed by atoms with E-state index in [-0.39, 0.29) is 5.91 Å². The monoisotopic (exact) mass is 274 g/mol. The average Bonchev–Trinajstić information content (AvgIpc) is 3.11. The standard InChI is InChI=1S/C17H26N2O/c1-14-6-8-15(9-7-14)17(20)19-12-4-5-16(19)13-18-10-2-3-11-18/h6,8-9,14,16H,2-5,7,10-13H2,1H3/t14-,16+/m0/s1. The Bertz CT molecular complexity index is 421. The van der Waals surface area contributed by atoms with E-state index >= 15 is 0 Å². The van der Waals surface area contributed by atoms with Crippen molar-refractivity contribution in [2.45, 2.75) is 45.1 Å². The summed E-state index contributed by atoms with van der Waals surface area (Å²) in [5.74, 6) is 0.834. The van der Waals surface area contributed by atoms with Crippen LogP contribution in [0.4, 0.5) is 0 Å². The van der Waals surface area contributed by atoms with Gasteiger partial charge in [0.25, 0.3) is 5.91 Å². The molecule has 2 atom stereocenters. The van der Waals surface area contributed by atoms with Crippen molar-refractivity contribution in [2.75, 3.05) is 26.2 Å². The molecule has 0 aromatic heterocycles. The van der Waals surface area contributed by atoms with Gasteiger partial charge >= 0.3 is 0 Å². The highest BCUT2D eigenvalue weighted by molar-refractivity contribution is 5.96. The molecular weight excluding hydrogens is 248 g/mol. The quantitative estimate of drug-likeness (QED) is 0.790. The number of likely N-dealkylation sites (tertiary alicyclic amines) is 2. The number of hydrogen-bond acceptors (Lipinski definition) is 2. The number of carbonyl (C=O) groups excluding carboxylic acids is 1. The normalized spacial score (nSPS) is 30.9. The second-order valence-corrected chi connectivity index (χ2v) is 6.53. The predicted octanol–water partition coefficient (Wildman–Crippen LogP) is 2.60. The topological polar surface area (TPSA) is 23.6 Å². The Kier molecular flexibility index (Phi) is 4.25. The van der Waals surface area contributed by atoms with Crippen LogP contribution in [0.5, 0.6) is 0 Å². The van der Waals surface area contributed by atoms with E-state index in [4.69, 9.17) is 0 Å². The third-order valence-electron chi connectivity index (χ3n) is 4.87. The second kappa shape index (κ2) is 6.13. The fraction of sp³-hybridized carbons (Fsp3) is 0.706. The van der Waals surface area contributed by atoms with Crippen LogP contribution in [0, 0.1) is 5.92 Å². The van der Waals surface area contributed by atoms with Crippen LogP contribution in [-0.2, 0) is 4.79 Å². The molecule has 110 valence electrons. The van der Waals surface area contributed by atoms with Gasteiger partial charge in [-0.15, -0.1) is 0 Å². The van der Waals surface area contributed by atoms with Gasteiger partial charge in [-0.2, -0.15) is 0 Å². The molecule has 3 rings (SSSR count). The first-order valence-corrected chi connectivity index (χ1v) is 8.16. The molecule has 0 unspecified atom stereocenters. The molecule has 0 radical (unpaired) electrons. The van der Waals surface area contributed by atoms with Crippen molar-refractivity contribution in [3.63, 3.8) is 0 Å². The van der Waals surface area contributed by atoms with E-state index in [9.17, 15) is 4.79 Å². The molecule has 0 bridgehead atoms. The van der Waals surface area contributed by atoms with Crippen LogP contribution in [0.1, 0.15) is 39.0 Å². The van der Waals surface area contributed by atoms with Gasteiger partial charge in [-0.25, -0.2) is 0 Å². The molecule has 0 aromatic rings. The van der Waals surface area contributed by atoms with Gasteiger partial charge in [0, 0.05) is 24.7 Å². The lowest BCUT2D eigenvalue weighted by Crippen LogP contribution is -2.43. The summed E-state index contributed by atoms with van der Waals surface area (Å²) in [6.07, 6.45) is 12.3. The Labute approximate surface area is 122 Å². The number of rotatable bonds is 3. The maximum absolute atomic E-state index is 12.7. The highest BCUT2D eigenvalue weighted by Gasteiger charge is 2.31. The summed E-state index contributed by atoms with van der Waals surface area (Å²) < 4.78 is 0. The minimum Gasteiger partial charge on any atom is -0.334 e. The van der Waals surface area contributed by atoms with Crippen molar-refractivity contribution in [3.05, 3.63) is 23.8 Å². The van der Waals surface area contributed by atoms with E-state index < -0.39 is 0 Å². The Balaban J connectivity index is 1.62. The molecule has 0 spiro atoms. The number of carbonyl (C=O) groups is 1. The summed E-state index contributed by atoms with van der Waals surface area (Å²) in [5, 5.41) is 0. The average molecular weight is 274 g/mol. The van der Waals surface area contributed by atoms with E-state index in [1.165, 1.54) is 32.4 Å². The van der Waals surface area contributed by atoms with Crippen molar-refractivity contribution >= 4 is 5.91 Å². The maximum Gasteiger partial charge on any atom is 0.253 e. The molecule has 3 heteroatoms. The van der Waals surface area contributed by atoms with Gasteiger partial charge in [0.1, 0.15) is 0 Å². The highest BCUT2D eigenvalue weighted by atomic mass is 16.2. The lowest BCUT2D eigenvalue weighted by molar-refractivity contribution is -0.127. The minimum atomic E-state index is 0.259. The first-order valence-electron chi connectivity index (χ1n) is 8.16. The van der Waals surface area contributed by atoms with Crippen LogP contribution >= 0.6 is 0 Å². The Morgan fingerprint density at radius 3 is 2.75 bits per heavy atom. The molecule has 0 N–H and O–H groups in total. The summed E-state index contributed by atoms with van der Waals surface area (Å²) in [6, 6.07) is 0.439. The molecule has 1 amide bonds. The minimum absolute atomic E-state index is 0.259. The smallest absolute Gasteiger partial charge is 0.253 e. The molecule has 3 aliphatic rings. The molecular formula is C17H26N2O. The van der Waals surface area contributed by atoms with Gasteiger partial charge in [-0.3, -0.25) is 4.79 Å². The largest absolute Gasteiger partial charge is 0.334 e. The van der Waals surface area contributed by atoms with Gasteiger partial charge in [-0.05, 0) is 51.1 Å². The number of allylic oxidation sites excluding steroid dienone is 2. The molecule has 2 saturated heterocycles. The zero-order valence-corrected chi connectivity index (χ0v) is 12.6. The van der Waals surface area contributed by atoms with Crippen LogP contribution in [0.15, 0.2) is 23.8 Å². The van der Waals surface area contributed by atoms with Crippen molar-refractivity contribution in [3.8, 4) is 0 Å². The van der Waals surface area contributed by atoms with E-state index in [1.54, 1.807) is 0 Å². The van der Waals surface area contributed by atoms with Gasteiger partial charge in [0.15, 0.2) is 0 Å². The third kappa shape index (κ3) is 2.98. The molecule has 2 aliphatic heterocycles. The first kappa shape index (κ1) is 13.9. The summed E-state index contributed by atoms with van der Waals surface area (Å²) >= 11 is 0. The van der Waals surface area contributed by atoms with Crippen molar-refractivity contribution in [1.29, 1.82) is 0 Å². The Hall–Kier alpha value is -1.09. The fourth-order valence-electron chi connectivity index (χ4n) is 3.61. The first-order chi connectivity index (χ1) is 9.74. The molecule has 0 aromatic carbocycles. The van der Waals surface area contributed by atoms with Crippen molar-refractivity contribution in [1.82, 2.24) is 9.80 Å². The van der Waals surface area contributed by atoms with E-state index in [1.807, 2.05) is 6.08 Å². The van der Waals surface area contributed by atoms with Gasteiger partial charge in [0.2, 0.25) is 0 Å². The van der Waals surface area contributed by atoms with Crippen LogP contribution < -0.4 is 0 Å². The molecule has 3 nitrogen and oxygen atoms in total. The zero-order chi connectivity index (χ0) is 13.9. The van der Waals surface area contributed by atoms with Crippen LogP contribution in [-0.4, -0.2) is 47.9 Å². The van der Waals surface area contributed by atoms with Crippen molar-refractivity contribution < 1.29 is 4.79 Å². The van der Waals surface area contributed by atoms with Gasteiger partial charge < -0.3 is 9.80 Å². The Morgan fingerprint density at radius 1 is 1.25 bits per heavy atom. The highest BCUT2D eigenvalue weighted by Crippen LogP contribution is 2.24. The maximum atomic E-state index is 12.7. The SMILES string of the molecule is C[C@H]1C=CC(C(=O)N2CCC[C@@H]2CN2CCCC2)=CC1. The van der Waals surface area contributed by atoms with E-state index in [0.29, 0.717) is 12.0 Å². The second-order valence-electron chi connectivity index (χ2n) is 6.53. The lowest BCUT2D eigenvalue weighted by atomic mass is 9.97. The van der Waals surface area contributed by atoms with Crippen LogP contribution in [0.3, 0.4) is 0 Å². The zero-order valence-electron chi connectivity index (χ0n) is 12.6. The predicted molar refractivity (Wildman–Crippen MR) is 81.4 cm³/mol. The lowest BCUT2D eigenvalue weighted by Gasteiger charge is -2.29. The number of hydrogen-bond donors (Lipinski definition) is 0. The number of nitrogens with zero attached hydrogens (tertiary/aromatic N) is 2. The molecule has 2 heterocycles. The molecule has 2 fully saturated rings. The number of amides is 1. The summed E-state index contributed by atoms with van der Waals surface area (Å²) in [6.45, 7) is 6.66. The molecule has 1 aliphatic carbocycles. The third-order valence-corrected chi connectivity index (χ3v) is 4.87. The summed E-state index contributed by atoms with van der Waals surface area (Å²) in [5.41, 5.74) is 0.913. The fourth-order valence-corrected chi connectivity index (χ4v) is 3.61. The Morgan fingerprint density at radius 2 is 2.05 bits per heavy atom. The molecule has 20 heavy (non-hydrogen) atoms. The molecule has 0 saturated carbocycles. The van der Waals surface area contributed by atoms with Crippen LogP contribution in [0.25, 0.3) is 0 Å². The van der Waals surface area contributed by atoms with Gasteiger partial charge in [-0.1, -0.05) is 25.2 Å². The van der Waals surface area contributed by atoms with Gasteiger partial charge in [0.05, 0.1) is 0 Å². The van der Waals surface area contributed by atoms with E-state index in [2.05, 4.69) is 28.9 Å². The van der Waals surface area contributed by atoms with E-state index in [0.717, 1.165) is 31.5 Å².